The van der Waals surface area contributed by atoms with Crippen LogP contribution in [0.15, 0.2) is 11.6 Å². The van der Waals surface area contributed by atoms with Gasteiger partial charge >= 0.3 is 5.69 Å². The maximum Gasteiger partial charge on any atom is 0.312 e. The number of ether oxygens (including phenoxy) is 1. The average Bonchev–Trinajstić information content (AvgIpc) is 2.99. The van der Waals surface area contributed by atoms with E-state index in [1.165, 1.54) is 0 Å². The van der Waals surface area contributed by atoms with E-state index >= 15 is 0 Å². The van der Waals surface area contributed by atoms with Crippen molar-refractivity contribution in [2.45, 2.75) is 39.7 Å². The van der Waals surface area contributed by atoms with Crippen LogP contribution in [0, 0.1) is 24.0 Å². The Balaban J connectivity index is 2.08. The molecule has 0 spiro atoms. The molecule has 0 saturated carbocycles. The van der Waals surface area contributed by atoms with Crippen LogP contribution in [-0.4, -0.2) is 21.5 Å². The first-order valence-electron chi connectivity index (χ1n) is 7.22. The summed E-state index contributed by atoms with van der Waals surface area (Å²) in [6, 6.07) is 0. The zero-order valence-corrected chi connectivity index (χ0v) is 14.8. The molecule has 6 nitrogen and oxygen atoms in total. The molecule has 2 aromatic heterocycles. The molecule has 0 aliphatic rings. The van der Waals surface area contributed by atoms with Crippen LogP contribution >= 0.6 is 22.9 Å². The Labute approximate surface area is 143 Å². The molecule has 0 radical (unpaired) electrons. The van der Waals surface area contributed by atoms with Gasteiger partial charge in [0.2, 0.25) is 5.15 Å². The van der Waals surface area contributed by atoms with Crippen LogP contribution in [0.2, 0.25) is 5.15 Å². The summed E-state index contributed by atoms with van der Waals surface area (Å²) in [5.74, 6) is 0. The lowest BCUT2D eigenvalue weighted by atomic mass is 10.0. The van der Waals surface area contributed by atoms with Crippen LogP contribution in [0.4, 0.5) is 5.69 Å². The van der Waals surface area contributed by atoms with Gasteiger partial charge in [0.05, 0.1) is 21.6 Å². The van der Waals surface area contributed by atoms with Crippen molar-refractivity contribution in [3.63, 3.8) is 0 Å². The predicted octanol–water partition coefficient (Wildman–Crippen LogP) is 4.43. The van der Waals surface area contributed by atoms with Gasteiger partial charge in [-0.15, -0.1) is 11.3 Å². The van der Waals surface area contributed by atoms with Gasteiger partial charge in [-0.05, 0) is 32.8 Å². The van der Waals surface area contributed by atoms with Crippen molar-refractivity contribution in [2.24, 2.45) is 0 Å². The average molecular weight is 356 g/mol. The van der Waals surface area contributed by atoms with Crippen LogP contribution < -0.4 is 0 Å². The van der Waals surface area contributed by atoms with E-state index < -0.39 is 11.0 Å². The van der Waals surface area contributed by atoms with Crippen molar-refractivity contribution in [1.82, 2.24) is 9.97 Å². The summed E-state index contributed by atoms with van der Waals surface area (Å²) in [5, 5.41) is 14.2. The van der Waals surface area contributed by atoms with Crippen LogP contribution in [0.25, 0.3) is 0 Å². The number of pyridine rings is 1. The number of aryl methyl sites for hydroxylation is 2. The highest BCUT2D eigenvalue weighted by Gasteiger charge is 2.28. The number of nitro groups is 1. The number of hydrogen-bond acceptors (Lipinski definition) is 6. The fraction of sp³-hybridized carbons (Fsp3) is 0.467. The summed E-state index contributed by atoms with van der Waals surface area (Å²) >= 11 is 7.57. The van der Waals surface area contributed by atoms with Crippen LogP contribution in [-0.2, 0) is 11.2 Å². The third-order valence-electron chi connectivity index (χ3n) is 3.64. The topological polar surface area (TPSA) is 78.2 Å². The smallest absolute Gasteiger partial charge is 0.312 e. The van der Waals surface area contributed by atoms with Gasteiger partial charge < -0.3 is 4.74 Å². The van der Waals surface area contributed by atoms with Crippen LogP contribution in [0.5, 0.6) is 0 Å². The summed E-state index contributed by atoms with van der Waals surface area (Å²) in [5.41, 5.74) is 1.76. The van der Waals surface area contributed by atoms with Gasteiger partial charge in [0, 0.05) is 30.3 Å². The Kier molecular flexibility index (Phi) is 6.04. The molecule has 1 atom stereocenters. The van der Waals surface area contributed by atoms with Crippen molar-refractivity contribution in [1.29, 1.82) is 0 Å². The molecule has 0 aliphatic carbocycles. The standard InChI is InChI=1S/C15H18ClN3O3S/c1-9-10(2)18-15(16)14(19(20)21)13(9)11(3)22-7-4-5-12-17-6-8-23-12/h6,8,11H,4-5,7H2,1-3H3. The number of aromatic nitrogens is 2. The van der Waals surface area contributed by atoms with Crippen LogP contribution in [0.1, 0.15) is 41.3 Å². The van der Waals surface area contributed by atoms with E-state index in [1.807, 2.05) is 5.38 Å². The number of thiazole rings is 1. The van der Waals surface area contributed by atoms with E-state index in [0.29, 0.717) is 17.9 Å². The lowest BCUT2D eigenvalue weighted by Gasteiger charge is -2.17. The minimum Gasteiger partial charge on any atom is -0.374 e. The fourth-order valence-electron chi connectivity index (χ4n) is 2.38. The van der Waals surface area contributed by atoms with Crippen LogP contribution in [0.3, 0.4) is 0 Å². The fourth-order valence-corrected chi connectivity index (χ4v) is 3.34. The molecule has 0 bridgehead atoms. The van der Waals surface area contributed by atoms with Crippen molar-refractivity contribution < 1.29 is 9.66 Å². The minimum atomic E-state index is -0.494. The van der Waals surface area contributed by atoms with Gasteiger partial charge in [-0.25, -0.2) is 9.97 Å². The van der Waals surface area contributed by atoms with E-state index in [9.17, 15) is 10.1 Å². The Hall–Kier alpha value is -1.57. The second-order valence-electron chi connectivity index (χ2n) is 5.17. The van der Waals surface area contributed by atoms with E-state index in [-0.39, 0.29) is 10.8 Å². The first-order chi connectivity index (χ1) is 10.9. The summed E-state index contributed by atoms with van der Waals surface area (Å²) in [6.45, 7) is 5.88. The Morgan fingerprint density at radius 3 is 2.83 bits per heavy atom. The monoisotopic (exact) mass is 355 g/mol. The molecule has 0 amide bonds. The molecule has 23 heavy (non-hydrogen) atoms. The van der Waals surface area contributed by atoms with Gasteiger partial charge in [-0.2, -0.15) is 0 Å². The summed E-state index contributed by atoms with van der Waals surface area (Å²) in [6.07, 6.45) is 2.99. The zero-order chi connectivity index (χ0) is 17.0. The van der Waals surface area contributed by atoms with Gasteiger partial charge in [0.1, 0.15) is 0 Å². The molecular formula is C15H18ClN3O3S. The zero-order valence-electron chi connectivity index (χ0n) is 13.2. The quantitative estimate of drug-likeness (QED) is 0.318. The Bertz CT molecular complexity index is 692. The molecule has 0 aliphatic heterocycles. The number of hydrogen-bond donors (Lipinski definition) is 0. The van der Waals surface area contributed by atoms with Crippen molar-refractivity contribution >= 4 is 28.6 Å². The predicted molar refractivity (Wildman–Crippen MR) is 90.2 cm³/mol. The number of rotatable bonds is 7. The van der Waals surface area contributed by atoms with Crippen molar-refractivity contribution in [3.05, 3.63) is 48.7 Å². The molecular weight excluding hydrogens is 338 g/mol. The third kappa shape index (κ3) is 4.25. The van der Waals surface area contributed by atoms with E-state index in [4.69, 9.17) is 16.3 Å². The second-order valence-corrected chi connectivity index (χ2v) is 6.51. The molecule has 0 saturated heterocycles. The molecule has 124 valence electrons. The Morgan fingerprint density at radius 1 is 1.48 bits per heavy atom. The minimum absolute atomic E-state index is 0.0914. The molecule has 0 aromatic carbocycles. The SMILES string of the molecule is Cc1nc(Cl)c([N+](=O)[O-])c(C(C)OCCCc2nccs2)c1C. The Morgan fingerprint density at radius 2 is 2.22 bits per heavy atom. The molecule has 2 heterocycles. The van der Waals surface area contributed by atoms with Gasteiger partial charge in [0.15, 0.2) is 0 Å². The van der Waals surface area contributed by atoms with E-state index in [2.05, 4.69) is 9.97 Å². The molecule has 0 fully saturated rings. The highest BCUT2D eigenvalue weighted by atomic mass is 35.5. The highest BCUT2D eigenvalue weighted by Crippen LogP contribution is 2.36. The maximum atomic E-state index is 11.3. The summed E-state index contributed by atoms with van der Waals surface area (Å²) in [4.78, 5) is 19.1. The van der Waals surface area contributed by atoms with Gasteiger partial charge in [0.25, 0.3) is 0 Å². The van der Waals surface area contributed by atoms with Gasteiger partial charge in [-0.3, -0.25) is 10.1 Å². The number of nitrogens with zero attached hydrogens (tertiary/aromatic N) is 3. The van der Waals surface area contributed by atoms with Crippen molar-refractivity contribution in [2.75, 3.05) is 6.61 Å². The van der Waals surface area contributed by atoms with Gasteiger partial charge in [-0.1, -0.05) is 11.6 Å². The lowest BCUT2D eigenvalue weighted by Crippen LogP contribution is -2.10. The summed E-state index contributed by atoms with van der Waals surface area (Å²) in [7, 11) is 0. The van der Waals surface area contributed by atoms with E-state index in [0.717, 1.165) is 23.4 Å². The molecule has 2 rings (SSSR count). The summed E-state index contributed by atoms with van der Waals surface area (Å²) < 4.78 is 5.79. The normalized spacial score (nSPS) is 12.3. The second kappa shape index (κ2) is 7.81. The first-order valence-corrected chi connectivity index (χ1v) is 8.48. The van der Waals surface area contributed by atoms with E-state index in [1.54, 1.807) is 38.3 Å². The molecule has 0 N–H and O–H groups in total. The lowest BCUT2D eigenvalue weighted by molar-refractivity contribution is -0.386. The third-order valence-corrected chi connectivity index (χ3v) is 4.74. The molecule has 1 unspecified atom stereocenters. The molecule has 8 heteroatoms. The molecule has 2 aromatic rings. The first kappa shape index (κ1) is 17.8. The maximum absolute atomic E-state index is 11.3. The number of halogens is 1. The largest absolute Gasteiger partial charge is 0.374 e. The highest BCUT2D eigenvalue weighted by molar-refractivity contribution is 7.09. The van der Waals surface area contributed by atoms with Crippen molar-refractivity contribution in [3.8, 4) is 0 Å².